The van der Waals surface area contributed by atoms with Gasteiger partial charge in [-0.05, 0) is 49.4 Å². The first kappa shape index (κ1) is 19.9. The zero-order valence-corrected chi connectivity index (χ0v) is 14.6. The SMILES string of the molecule is CCCCC(/C(C)=N/SCCC)c1ccc(OC(F)(F)F)cc1. The van der Waals surface area contributed by atoms with Gasteiger partial charge < -0.3 is 4.74 Å². The summed E-state index contributed by atoms with van der Waals surface area (Å²) >= 11 is 1.54. The van der Waals surface area contributed by atoms with Gasteiger partial charge in [0.1, 0.15) is 5.75 Å². The molecule has 2 nitrogen and oxygen atoms in total. The van der Waals surface area contributed by atoms with Gasteiger partial charge in [-0.1, -0.05) is 38.8 Å². The highest BCUT2D eigenvalue weighted by Crippen LogP contribution is 2.29. The molecule has 0 aliphatic heterocycles. The summed E-state index contributed by atoms with van der Waals surface area (Å²) in [5, 5.41) is 0. The van der Waals surface area contributed by atoms with Gasteiger partial charge in [0.15, 0.2) is 0 Å². The molecule has 0 aliphatic carbocycles. The number of unbranched alkanes of at least 4 members (excludes halogenated alkanes) is 1. The van der Waals surface area contributed by atoms with E-state index in [4.69, 9.17) is 0 Å². The van der Waals surface area contributed by atoms with Crippen molar-refractivity contribution in [2.45, 2.75) is 58.7 Å². The topological polar surface area (TPSA) is 21.6 Å². The number of halogens is 3. The highest BCUT2D eigenvalue weighted by molar-refractivity contribution is 7.98. The Kier molecular flexibility index (Phi) is 8.52. The quantitative estimate of drug-likeness (QED) is 0.294. The number of hydrogen-bond acceptors (Lipinski definition) is 3. The van der Waals surface area contributed by atoms with Crippen LogP contribution in [0, 0.1) is 0 Å². The summed E-state index contributed by atoms with van der Waals surface area (Å²) in [6.45, 7) is 6.21. The third kappa shape index (κ3) is 7.77. The molecule has 0 N–H and O–H groups in total. The van der Waals surface area contributed by atoms with E-state index in [2.05, 4.69) is 23.0 Å². The summed E-state index contributed by atoms with van der Waals surface area (Å²) in [4.78, 5) is 0. The Morgan fingerprint density at radius 3 is 2.35 bits per heavy atom. The normalized spacial score (nSPS) is 13.9. The van der Waals surface area contributed by atoms with Crippen molar-refractivity contribution in [1.82, 2.24) is 0 Å². The molecule has 0 radical (unpaired) electrons. The number of alkyl halides is 3. The predicted octanol–water partition coefficient (Wildman–Crippen LogP) is 6.38. The fraction of sp³-hybridized carbons (Fsp3) is 0.588. The highest BCUT2D eigenvalue weighted by Gasteiger charge is 2.31. The Balaban J connectivity index is 2.87. The van der Waals surface area contributed by atoms with Gasteiger partial charge in [0.05, 0.1) is 0 Å². The fourth-order valence-electron chi connectivity index (χ4n) is 2.23. The first-order valence-corrected chi connectivity index (χ1v) is 8.83. The lowest BCUT2D eigenvalue weighted by atomic mass is 9.90. The lowest BCUT2D eigenvalue weighted by Gasteiger charge is -2.18. The third-order valence-electron chi connectivity index (χ3n) is 3.37. The molecule has 0 fully saturated rings. The molecule has 1 rings (SSSR count). The second-order valence-electron chi connectivity index (χ2n) is 5.38. The molecule has 23 heavy (non-hydrogen) atoms. The number of rotatable bonds is 9. The van der Waals surface area contributed by atoms with Crippen LogP contribution in [0.1, 0.15) is 57.9 Å². The van der Waals surface area contributed by atoms with Gasteiger partial charge in [0.2, 0.25) is 0 Å². The summed E-state index contributed by atoms with van der Waals surface area (Å²) in [5.41, 5.74) is 1.99. The maximum atomic E-state index is 12.2. The molecule has 0 saturated carbocycles. The minimum absolute atomic E-state index is 0.138. The van der Waals surface area contributed by atoms with Crippen LogP contribution in [0.3, 0.4) is 0 Å². The van der Waals surface area contributed by atoms with Crippen LogP contribution in [0.2, 0.25) is 0 Å². The lowest BCUT2D eigenvalue weighted by Crippen LogP contribution is -2.17. The van der Waals surface area contributed by atoms with Crippen LogP contribution in [0.5, 0.6) is 5.75 Å². The summed E-state index contributed by atoms with van der Waals surface area (Å²) < 4.78 is 45.1. The van der Waals surface area contributed by atoms with Gasteiger partial charge in [0, 0.05) is 17.4 Å². The molecule has 0 spiro atoms. The van der Waals surface area contributed by atoms with Crippen LogP contribution in [0.15, 0.2) is 28.7 Å². The first-order valence-electron chi connectivity index (χ1n) is 7.89. The van der Waals surface area contributed by atoms with Gasteiger partial charge in [-0.2, -0.15) is 0 Å². The van der Waals surface area contributed by atoms with E-state index in [1.165, 1.54) is 12.1 Å². The molecule has 1 atom stereocenters. The summed E-state index contributed by atoms with van der Waals surface area (Å²) in [7, 11) is 0. The van der Waals surface area contributed by atoms with Gasteiger partial charge >= 0.3 is 6.36 Å². The van der Waals surface area contributed by atoms with Crippen molar-refractivity contribution in [2.24, 2.45) is 4.40 Å². The maximum Gasteiger partial charge on any atom is 0.573 e. The van der Waals surface area contributed by atoms with Crippen LogP contribution in [-0.4, -0.2) is 17.8 Å². The van der Waals surface area contributed by atoms with Crippen molar-refractivity contribution in [3.63, 3.8) is 0 Å². The Bertz CT molecular complexity index is 486. The highest BCUT2D eigenvalue weighted by atomic mass is 32.2. The van der Waals surface area contributed by atoms with E-state index in [-0.39, 0.29) is 11.7 Å². The average Bonchev–Trinajstić information content (AvgIpc) is 2.48. The molecular formula is C17H24F3NOS. The van der Waals surface area contributed by atoms with Crippen LogP contribution in [0.25, 0.3) is 0 Å². The monoisotopic (exact) mass is 347 g/mol. The molecule has 130 valence electrons. The van der Waals surface area contributed by atoms with Gasteiger partial charge in [-0.3, -0.25) is 0 Å². The molecule has 0 saturated heterocycles. The molecule has 1 aromatic carbocycles. The number of hydrogen-bond donors (Lipinski definition) is 0. The zero-order valence-electron chi connectivity index (χ0n) is 13.8. The molecule has 0 aliphatic rings. The zero-order chi connectivity index (χ0) is 17.3. The Morgan fingerprint density at radius 2 is 1.83 bits per heavy atom. The number of nitrogens with zero attached hydrogens (tertiary/aromatic N) is 1. The van der Waals surface area contributed by atoms with Crippen molar-refractivity contribution in [1.29, 1.82) is 0 Å². The molecule has 0 aromatic heterocycles. The first-order chi connectivity index (χ1) is 10.9. The second kappa shape index (κ2) is 9.85. The molecule has 0 heterocycles. The number of benzene rings is 1. The van der Waals surface area contributed by atoms with E-state index in [1.807, 2.05) is 6.92 Å². The van der Waals surface area contributed by atoms with Gasteiger partial charge in [0.25, 0.3) is 0 Å². The Labute approximate surface area is 140 Å². The van der Waals surface area contributed by atoms with Crippen LogP contribution < -0.4 is 4.74 Å². The number of ether oxygens (including phenoxy) is 1. The summed E-state index contributed by atoms with van der Waals surface area (Å²) in [5.74, 6) is 0.917. The standard InChI is InChI=1S/C17H24F3NOS/c1-4-6-7-16(13(3)21-23-12-5-2)14-8-10-15(11-9-14)22-17(18,19)20/h8-11,16H,4-7,12H2,1-3H3/b21-13+. The summed E-state index contributed by atoms with van der Waals surface area (Å²) in [6, 6.07) is 6.14. The van der Waals surface area contributed by atoms with E-state index in [9.17, 15) is 13.2 Å². The predicted molar refractivity (Wildman–Crippen MR) is 91.2 cm³/mol. The van der Waals surface area contributed by atoms with E-state index in [0.29, 0.717) is 0 Å². The Hall–Kier alpha value is -1.17. The lowest BCUT2D eigenvalue weighted by molar-refractivity contribution is -0.274. The van der Waals surface area contributed by atoms with Crippen molar-refractivity contribution in [3.8, 4) is 5.75 Å². The minimum Gasteiger partial charge on any atom is -0.406 e. The van der Waals surface area contributed by atoms with Crippen LogP contribution >= 0.6 is 11.9 Å². The van der Waals surface area contributed by atoms with Crippen LogP contribution in [-0.2, 0) is 0 Å². The van der Waals surface area contributed by atoms with Gasteiger partial charge in [-0.15, -0.1) is 13.2 Å². The molecule has 0 amide bonds. The largest absolute Gasteiger partial charge is 0.573 e. The van der Waals surface area contributed by atoms with E-state index < -0.39 is 6.36 Å². The van der Waals surface area contributed by atoms with Crippen molar-refractivity contribution in [2.75, 3.05) is 5.75 Å². The van der Waals surface area contributed by atoms with Crippen LogP contribution in [0.4, 0.5) is 13.2 Å². The maximum absolute atomic E-state index is 12.2. The van der Waals surface area contributed by atoms with E-state index in [1.54, 1.807) is 24.1 Å². The van der Waals surface area contributed by atoms with Crippen molar-refractivity contribution < 1.29 is 17.9 Å². The third-order valence-corrected chi connectivity index (χ3v) is 4.38. The Morgan fingerprint density at radius 1 is 1.17 bits per heavy atom. The second-order valence-corrected chi connectivity index (χ2v) is 6.23. The summed E-state index contributed by atoms with van der Waals surface area (Å²) in [6.07, 6.45) is -0.530. The molecule has 1 unspecified atom stereocenters. The molecule has 1 aromatic rings. The van der Waals surface area contributed by atoms with E-state index >= 15 is 0 Å². The van der Waals surface area contributed by atoms with Gasteiger partial charge in [-0.25, -0.2) is 4.40 Å². The van der Waals surface area contributed by atoms with E-state index in [0.717, 1.165) is 42.7 Å². The fourth-order valence-corrected chi connectivity index (χ4v) is 2.83. The van der Waals surface area contributed by atoms with Crippen molar-refractivity contribution >= 4 is 17.7 Å². The minimum atomic E-state index is -4.66. The molecule has 0 bridgehead atoms. The van der Waals surface area contributed by atoms with Crippen molar-refractivity contribution in [3.05, 3.63) is 29.8 Å². The molecular weight excluding hydrogens is 323 g/mol. The smallest absolute Gasteiger partial charge is 0.406 e. The average molecular weight is 347 g/mol. The molecule has 6 heteroatoms.